The third kappa shape index (κ3) is 5.63. The lowest BCUT2D eigenvalue weighted by atomic mass is 10.0. The number of urea groups is 1. The van der Waals surface area contributed by atoms with Gasteiger partial charge in [0, 0.05) is 11.7 Å². The van der Waals surface area contributed by atoms with E-state index >= 15 is 0 Å². The number of sulfone groups is 1. The summed E-state index contributed by atoms with van der Waals surface area (Å²) < 4.78 is 22.9. The molecule has 1 saturated heterocycles. The van der Waals surface area contributed by atoms with Gasteiger partial charge >= 0.3 is 6.03 Å². The van der Waals surface area contributed by atoms with Crippen LogP contribution in [0.15, 0.2) is 24.3 Å². The van der Waals surface area contributed by atoms with Crippen molar-refractivity contribution in [3.63, 3.8) is 0 Å². The van der Waals surface area contributed by atoms with Crippen LogP contribution in [0.3, 0.4) is 0 Å². The summed E-state index contributed by atoms with van der Waals surface area (Å²) in [5.41, 5.74) is 0.498. The van der Waals surface area contributed by atoms with Gasteiger partial charge in [-0.3, -0.25) is 4.79 Å². The number of aromatic hydroxyl groups is 1. The summed E-state index contributed by atoms with van der Waals surface area (Å²) in [6, 6.07) is 4.20. The van der Waals surface area contributed by atoms with Gasteiger partial charge < -0.3 is 21.1 Å². The van der Waals surface area contributed by atoms with Gasteiger partial charge in [-0.2, -0.15) is 0 Å². The molecule has 0 unspecified atom stereocenters. The first-order chi connectivity index (χ1) is 11.7. The second-order valence-corrected chi connectivity index (χ2v) is 8.70. The van der Waals surface area contributed by atoms with Crippen molar-refractivity contribution < 1.29 is 23.1 Å². The Labute approximate surface area is 146 Å². The molecule has 1 aliphatic heterocycles. The fourth-order valence-electron chi connectivity index (χ4n) is 2.58. The normalized spacial score (nSPS) is 20.0. The number of benzene rings is 1. The smallest absolute Gasteiger partial charge is 0.315 e. The third-order valence-electron chi connectivity index (χ3n) is 3.94. The molecular formula is C16H23N3O5S. The minimum absolute atomic E-state index is 0.0624. The maximum absolute atomic E-state index is 12.4. The van der Waals surface area contributed by atoms with Gasteiger partial charge in [-0.1, -0.05) is 13.8 Å². The molecule has 2 rings (SSSR count). The Morgan fingerprint density at radius 2 is 1.84 bits per heavy atom. The van der Waals surface area contributed by atoms with E-state index < -0.39 is 33.9 Å². The van der Waals surface area contributed by atoms with Crippen LogP contribution in [0.1, 0.15) is 20.3 Å². The number of hydrogen-bond acceptors (Lipinski definition) is 5. The van der Waals surface area contributed by atoms with Crippen molar-refractivity contribution in [2.24, 2.45) is 5.92 Å². The monoisotopic (exact) mass is 369 g/mol. The summed E-state index contributed by atoms with van der Waals surface area (Å²) >= 11 is 0. The Bertz CT molecular complexity index is 731. The number of phenolic OH excluding ortho intramolecular Hbond substituents is 1. The molecule has 9 heteroatoms. The van der Waals surface area contributed by atoms with Gasteiger partial charge in [0.25, 0.3) is 0 Å². The zero-order valence-electron chi connectivity index (χ0n) is 14.2. The van der Waals surface area contributed by atoms with Gasteiger partial charge in [0.05, 0.1) is 11.5 Å². The summed E-state index contributed by atoms with van der Waals surface area (Å²) in [6.45, 7) is 3.59. The lowest BCUT2D eigenvalue weighted by molar-refractivity contribution is -0.118. The highest BCUT2D eigenvalue weighted by molar-refractivity contribution is 7.91. The molecule has 4 N–H and O–H groups in total. The first kappa shape index (κ1) is 19.0. The number of rotatable bonds is 5. The molecule has 0 spiro atoms. The van der Waals surface area contributed by atoms with Crippen LogP contribution in [0.25, 0.3) is 0 Å². The lowest BCUT2D eigenvalue weighted by Crippen LogP contribution is -2.52. The van der Waals surface area contributed by atoms with Crippen molar-refractivity contribution in [1.82, 2.24) is 10.6 Å². The lowest BCUT2D eigenvalue weighted by Gasteiger charge is -2.23. The van der Waals surface area contributed by atoms with Gasteiger partial charge in [0.2, 0.25) is 5.91 Å². The van der Waals surface area contributed by atoms with Gasteiger partial charge in [-0.15, -0.1) is 0 Å². The molecule has 1 heterocycles. The quantitative estimate of drug-likeness (QED) is 0.573. The summed E-state index contributed by atoms with van der Waals surface area (Å²) in [6.07, 6.45) is 0.377. The van der Waals surface area contributed by atoms with Crippen LogP contribution in [0.2, 0.25) is 0 Å². The maximum atomic E-state index is 12.4. The summed E-state index contributed by atoms with van der Waals surface area (Å²) in [4.78, 5) is 24.5. The van der Waals surface area contributed by atoms with Crippen LogP contribution in [0.4, 0.5) is 10.5 Å². The van der Waals surface area contributed by atoms with E-state index in [1.807, 2.05) is 0 Å². The van der Waals surface area contributed by atoms with E-state index in [1.165, 1.54) is 12.1 Å². The van der Waals surface area contributed by atoms with E-state index in [0.717, 1.165) is 0 Å². The number of nitrogens with one attached hydrogen (secondary N) is 3. The number of hydrogen-bond donors (Lipinski definition) is 4. The molecule has 1 fully saturated rings. The van der Waals surface area contributed by atoms with Crippen molar-refractivity contribution in [3.05, 3.63) is 24.3 Å². The Hall–Kier alpha value is -2.29. The van der Waals surface area contributed by atoms with Crippen LogP contribution in [0, 0.1) is 5.92 Å². The highest BCUT2D eigenvalue weighted by atomic mass is 32.2. The van der Waals surface area contributed by atoms with E-state index in [4.69, 9.17) is 0 Å². The van der Waals surface area contributed by atoms with Crippen molar-refractivity contribution >= 4 is 27.5 Å². The van der Waals surface area contributed by atoms with Crippen LogP contribution < -0.4 is 16.0 Å². The third-order valence-corrected chi connectivity index (χ3v) is 5.71. The molecule has 2 atom stereocenters. The molecule has 0 radical (unpaired) electrons. The molecule has 25 heavy (non-hydrogen) atoms. The van der Waals surface area contributed by atoms with Gasteiger partial charge in [-0.25, -0.2) is 13.2 Å². The van der Waals surface area contributed by atoms with Crippen LogP contribution in [-0.2, 0) is 14.6 Å². The first-order valence-electron chi connectivity index (χ1n) is 8.03. The van der Waals surface area contributed by atoms with E-state index in [0.29, 0.717) is 12.1 Å². The number of amides is 3. The Kier molecular flexibility index (Phi) is 5.89. The molecule has 0 aromatic heterocycles. The molecule has 3 amide bonds. The fraction of sp³-hybridized carbons (Fsp3) is 0.500. The van der Waals surface area contributed by atoms with E-state index in [2.05, 4.69) is 16.0 Å². The van der Waals surface area contributed by atoms with Gasteiger partial charge in [0.1, 0.15) is 11.8 Å². The standard InChI is InChI=1S/C16H23N3O5S/c1-10(2)14(15(21)17-11-3-5-13(20)6-4-11)19-16(22)18-12-7-8-25(23,24)9-12/h3-6,10,12,14,20H,7-9H2,1-2H3,(H,17,21)(H2,18,19,22)/t12-,14-/m0/s1. The molecular weight excluding hydrogens is 346 g/mol. The SMILES string of the molecule is CC(C)[C@H](NC(=O)N[C@H]1CCS(=O)(=O)C1)C(=O)Nc1ccc(O)cc1. The number of carbonyl (C=O) groups is 2. The van der Waals surface area contributed by atoms with E-state index in [-0.39, 0.29) is 23.2 Å². The molecule has 1 aliphatic rings. The summed E-state index contributed by atoms with van der Waals surface area (Å²) in [5.74, 6) is -0.494. The zero-order chi connectivity index (χ0) is 18.6. The summed E-state index contributed by atoms with van der Waals surface area (Å²) in [5, 5.41) is 17.1. The average molecular weight is 369 g/mol. The van der Waals surface area contributed by atoms with Gasteiger partial charge in [0.15, 0.2) is 9.84 Å². The van der Waals surface area contributed by atoms with E-state index in [1.54, 1.807) is 26.0 Å². The van der Waals surface area contributed by atoms with Gasteiger partial charge in [-0.05, 0) is 36.6 Å². The topological polar surface area (TPSA) is 125 Å². The first-order valence-corrected chi connectivity index (χ1v) is 9.86. The molecule has 1 aromatic rings. The molecule has 0 aliphatic carbocycles. The van der Waals surface area contributed by atoms with Crippen LogP contribution in [0.5, 0.6) is 5.75 Å². The van der Waals surface area contributed by atoms with Crippen LogP contribution >= 0.6 is 0 Å². The Morgan fingerprint density at radius 3 is 2.36 bits per heavy atom. The molecule has 0 saturated carbocycles. The molecule has 138 valence electrons. The predicted molar refractivity (Wildman–Crippen MR) is 94.1 cm³/mol. The van der Waals surface area contributed by atoms with Crippen molar-refractivity contribution in [2.45, 2.75) is 32.4 Å². The summed E-state index contributed by atoms with van der Waals surface area (Å²) in [7, 11) is -3.09. The number of phenols is 1. The van der Waals surface area contributed by atoms with Crippen molar-refractivity contribution in [2.75, 3.05) is 16.8 Å². The molecule has 8 nitrogen and oxygen atoms in total. The molecule has 1 aromatic carbocycles. The highest BCUT2D eigenvalue weighted by Crippen LogP contribution is 2.15. The second kappa shape index (κ2) is 7.73. The predicted octanol–water partition coefficient (Wildman–Crippen LogP) is 0.842. The minimum Gasteiger partial charge on any atom is -0.508 e. The Morgan fingerprint density at radius 1 is 1.20 bits per heavy atom. The highest BCUT2D eigenvalue weighted by Gasteiger charge is 2.30. The van der Waals surface area contributed by atoms with E-state index in [9.17, 15) is 23.1 Å². The van der Waals surface area contributed by atoms with Crippen molar-refractivity contribution in [1.29, 1.82) is 0 Å². The number of carbonyl (C=O) groups excluding carboxylic acids is 2. The fourth-order valence-corrected chi connectivity index (χ4v) is 4.25. The zero-order valence-corrected chi connectivity index (χ0v) is 15.0. The largest absolute Gasteiger partial charge is 0.508 e. The maximum Gasteiger partial charge on any atom is 0.315 e. The minimum atomic E-state index is -3.09. The van der Waals surface area contributed by atoms with Crippen LogP contribution in [-0.4, -0.2) is 49.1 Å². The Balaban J connectivity index is 1.94. The van der Waals surface area contributed by atoms with Crippen molar-refractivity contribution in [3.8, 4) is 5.75 Å². The average Bonchev–Trinajstić information content (AvgIpc) is 2.85. The molecule has 0 bridgehead atoms. The number of anilines is 1. The second-order valence-electron chi connectivity index (χ2n) is 6.48.